The van der Waals surface area contributed by atoms with E-state index >= 15 is 0 Å². The Kier molecular flexibility index (Phi) is 2.89. The third-order valence-corrected chi connectivity index (χ3v) is 3.53. The van der Waals surface area contributed by atoms with Crippen molar-refractivity contribution >= 4 is 11.3 Å². The van der Waals surface area contributed by atoms with Crippen LogP contribution in [0.2, 0.25) is 0 Å². The number of thiophene rings is 1. The zero-order valence-electron chi connectivity index (χ0n) is 9.03. The highest BCUT2D eigenvalue weighted by atomic mass is 32.1. The molecule has 1 unspecified atom stereocenters. The lowest BCUT2D eigenvalue weighted by Crippen LogP contribution is -2.11. The molecular weight excluding hydrogens is 202 g/mol. The summed E-state index contributed by atoms with van der Waals surface area (Å²) in [5.41, 5.74) is 9.91. The first kappa shape index (κ1) is 10.4. The molecular formula is C13H15NS. The van der Waals surface area contributed by atoms with Crippen LogP contribution in [0.1, 0.15) is 27.6 Å². The van der Waals surface area contributed by atoms with Crippen LogP contribution in [0.25, 0.3) is 0 Å². The van der Waals surface area contributed by atoms with Crippen molar-refractivity contribution in [3.05, 3.63) is 57.3 Å². The molecule has 0 aliphatic rings. The minimum atomic E-state index is 0.0110. The van der Waals surface area contributed by atoms with Crippen molar-refractivity contribution in [3.63, 3.8) is 0 Å². The van der Waals surface area contributed by atoms with Gasteiger partial charge in [0.25, 0.3) is 0 Å². The van der Waals surface area contributed by atoms with Crippen LogP contribution in [0.15, 0.2) is 35.7 Å². The molecule has 0 aliphatic carbocycles. The molecule has 0 saturated carbocycles. The molecule has 2 N–H and O–H groups in total. The molecule has 2 rings (SSSR count). The van der Waals surface area contributed by atoms with Gasteiger partial charge in [-0.05, 0) is 36.4 Å². The van der Waals surface area contributed by atoms with E-state index in [9.17, 15) is 0 Å². The van der Waals surface area contributed by atoms with E-state index in [4.69, 9.17) is 5.73 Å². The molecule has 2 heteroatoms. The molecule has 0 fully saturated rings. The van der Waals surface area contributed by atoms with Crippen LogP contribution in [-0.4, -0.2) is 0 Å². The fraction of sp³-hybridized carbons (Fsp3) is 0.231. The Balaban J connectivity index is 2.32. The van der Waals surface area contributed by atoms with Crippen LogP contribution in [0.5, 0.6) is 0 Å². The van der Waals surface area contributed by atoms with Gasteiger partial charge in [0.2, 0.25) is 0 Å². The van der Waals surface area contributed by atoms with Crippen LogP contribution in [0, 0.1) is 13.8 Å². The highest BCUT2D eigenvalue weighted by Crippen LogP contribution is 2.26. The molecule has 1 nitrogen and oxygen atoms in total. The number of benzene rings is 1. The van der Waals surface area contributed by atoms with E-state index in [1.807, 2.05) is 0 Å². The molecule has 0 spiro atoms. The molecule has 78 valence electrons. The lowest BCUT2D eigenvalue weighted by molar-refractivity contribution is 0.869. The molecule has 0 radical (unpaired) electrons. The normalized spacial score (nSPS) is 12.7. The number of hydrogen-bond acceptors (Lipinski definition) is 2. The van der Waals surface area contributed by atoms with Gasteiger partial charge in [0, 0.05) is 4.88 Å². The number of nitrogens with two attached hydrogens (primary N) is 1. The number of rotatable bonds is 2. The molecule has 1 aromatic carbocycles. The second-order valence-electron chi connectivity index (χ2n) is 3.82. The van der Waals surface area contributed by atoms with Crippen molar-refractivity contribution in [2.75, 3.05) is 0 Å². The first-order chi connectivity index (χ1) is 7.18. The predicted octanol–water partition coefficient (Wildman–Crippen LogP) is 3.41. The summed E-state index contributed by atoms with van der Waals surface area (Å²) in [6.45, 7) is 4.21. The van der Waals surface area contributed by atoms with Gasteiger partial charge in [-0.15, -0.1) is 11.3 Å². The summed E-state index contributed by atoms with van der Waals surface area (Å²) in [5, 5.41) is 2.10. The molecule has 0 saturated heterocycles. The Hall–Kier alpha value is -1.12. The maximum absolute atomic E-state index is 6.22. The molecule has 0 aliphatic heterocycles. The van der Waals surface area contributed by atoms with E-state index in [0.29, 0.717) is 0 Å². The van der Waals surface area contributed by atoms with Crippen molar-refractivity contribution in [1.29, 1.82) is 0 Å². The summed E-state index contributed by atoms with van der Waals surface area (Å²) in [6, 6.07) is 10.6. The molecule has 1 atom stereocenters. The summed E-state index contributed by atoms with van der Waals surface area (Å²) in [5.74, 6) is 0. The smallest absolute Gasteiger partial charge is 0.0562 e. The van der Waals surface area contributed by atoms with Crippen molar-refractivity contribution in [3.8, 4) is 0 Å². The van der Waals surface area contributed by atoms with Crippen molar-refractivity contribution < 1.29 is 0 Å². The summed E-state index contributed by atoms with van der Waals surface area (Å²) in [6.07, 6.45) is 0. The zero-order valence-corrected chi connectivity index (χ0v) is 9.84. The van der Waals surface area contributed by atoms with Crippen molar-refractivity contribution in [1.82, 2.24) is 0 Å². The second kappa shape index (κ2) is 4.17. The number of aryl methyl sites for hydroxylation is 2. The molecule has 15 heavy (non-hydrogen) atoms. The average Bonchev–Trinajstić information content (AvgIpc) is 2.65. The summed E-state index contributed by atoms with van der Waals surface area (Å²) < 4.78 is 0. The Morgan fingerprint density at radius 1 is 1.07 bits per heavy atom. The third-order valence-electron chi connectivity index (χ3n) is 2.67. The standard InChI is InChI=1S/C13H15NS/c1-9-3-5-11(6-4-9)13(14)12-7-8-15-10(12)2/h3-8,13H,14H2,1-2H3. The van der Waals surface area contributed by atoms with Crippen LogP contribution < -0.4 is 5.73 Å². The highest BCUT2D eigenvalue weighted by Gasteiger charge is 2.11. The Morgan fingerprint density at radius 3 is 2.27 bits per heavy atom. The SMILES string of the molecule is Cc1ccc(C(N)c2ccsc2C)cc1. The molecule has 2 aromatic rings. The van der Waals surface area contributed by atoms with Crippen LogP contribution >= 0.6 is 11.3 Å². The van der Waals surface area contributed by atoms with E-state index in [1.54, 1.807) is 11.3 Å². The second-order valence-corrected chi connectivity index (χ2v) is 4.94. The summed E-state index contributed by atoms with van der Waals surface area (Å²) >= 11 is 1.75. The fourth-order valence-electron chi connectivity index (χ4n) is 1.67. The molecule has 0 amide bonds. The van der Waals surface area contributed by atoms with E-state index in [-0.39, 0.29) is 6.04 Å². The van der Waals surface area contributed by atoms with Crippen molar-refractivity contribution in [2.24, 2.45) is 5.73 Å². The summed E-state index contributed by atoms with van der Waals surface area (Å²) in [7, 11) is 0. The van der Waals surface area contributed by atoms with E-state index < -0.39 is 0 Å². The summed E-state index contributed by atoms with van der Waals surface area (Å²) in [4.78, 5) is 1.31. The van der Waals surface area contributed by atoms with E-state index in [1.165, 1.54) is 21.6 Å². The Labute approximate surface area is 94.6 Å². The predicted molar refractivity (Wildman–Crippen MR) is 66.3 cm³/mol. The lowest BCUT2D eigenvalue weighted by Gasteiger charge is -2.12. The molecule has 1 heterocycles. The average molecular weight is 217 g/mol. The van der Waals surface area contributed by atoms with Gasteiger partial charge in [-0.3, -0.25) is 0 Å². The van der Waals surface area contributed by atoms with Crippen molar-refractivity contribution in [2.45, 2.75) is 19.9 Å². The van der Waals surface area contributed by atoms with Gasteiger partial charge in [0.05, 0.1) is 6.04 Å². The first-order valence-corrected chi connectivity index (χ1v) is 5.92. The fourth-order valence-corrected chi connectivity index (χ4v) is 2.42. The largest absolute Gasteiger partial charge is 0.320 e. The zero-order chi connectivity index (χ0) is 10.8. The third kappa shape index (κ3) is 2.11. The van der Waals surface area contributed by atoms with Gasteiger partial charge in [-0.25, -0.2) is 0 Å². The molecule has 1 aromatic heterocycles. The first-order valence-electron chi connectivity index (χ1n) is 5.04. The van der Waals surface area contributed by atoms with Gasteiger partial charge in [-0.2, -0.15) is 0 Å². The molecule has 0 bridgehead atoms. The lowest BCUT2D eigenvalue weighted by atomic mass is 10.00. The van der Waals surface area contributed by atoms with Gasteiger partial charge >= 0.3 is 0 Å². The quantitative estimate of drug-likeness (QED) is 0.819. The van der Waals surface area contributed by atoms with Gasteiger partial charge < -0.3 is 5.73 Å². The van der Waals surface area contributed by atoms with E-state index in [0.717, 1.165) is 0 Å². The van der Waals surface area contributed by atoms with E-state index in [2.05, 4.69) is 49.6 Å². The monoisotopic (exact) mass is 217 g/mol. The van der Waals surface area contributed by atoms with Crippen LogP contribution in [-0.2, 0) is 0 Å². The Bertz CT molecular complexity index is 442. The minimum Gasteiger partial charge on any atom is -0.320 e. The Morgan fingerprint density at radius 2 is 1.73 bits per heavy atom. The minimum absolute atomic E-state index is 0.0110. The van der Waals surface area contributed by atoms with Crippen LogP contribution in [0.3, 0.4) is 0 Å². The highest BCUT2D eigenvalue weighted by molar-refractivity contribution is 7.10. The number of hydrogen-bond donors (Lipinski definition) is 1. The van der Waals surface area contributed by atoms with Crippen LogP contribution in [0.4, 0.5) is 0 Å². The maximum Gasteiger partial charge on any atom is 0.0562 e. The van der Waals surface area contributed by atoms with Gasteiger partial charge in [0.1, 0.15) is 0 Å². The van der Waals surface area contributed by atoms with Gasteiger partial charge in [0.15, 0.2) is 0 Å². The topological polar surface area (TPSA) is 26.0 Å². The maximum atomic E-state index is 6.22. The van der Waals surface area contributed by atoms with Gasteiger partial charge in [-0.1, -0.05) is 29.8 Å².